The largest absolute Gasteiger partial charge is 0.356 e. The summed E-state index contributed by atoms with van der Waals surface area (Å²) in [6.07, 6.45) is 9.78. The van der Waals surface area contributed by atoms with E-state index in [0.717, 1.165) is 30.9 Å². The summed E-state index contributed by atoms with van der Waals surface area (Å²) in [6.45, 7) is 2.08. The zero-order valence-electron chi connectivity index (χ0n) is 13.9. The van der Waals surface area contributed by atoms with Gasteiger partial charge in [-0.2, -0.15) is 0 Å². The Hall–Kier alpha value is -0.0400. The van der Waals surface area contributed by atoms with E-state index >= 15 is 0 Å². The molecule has 124 valence electrons. The fraction of sp³-hybridized carbons (Fsp3) is 0.938. The second kappa shape index (κ2) is 9.87. The van der Waals surface area contributed by atoms with Gasteiger partial charge in [0.2, 0.25) is 0 Å². The molecule has 2 aliphatic rings. The lowest BCUT2D eigenvalue weighted by atomic mass is 9.83. The first kappa shape index (κ1) is 19.0. The monoisotopic (exact) mass is 408 g/mol. The summed E-state index contributed by atoms with van der Waals surface area (Å²) in [6, 6.07) is 0.620. The van der Waals surface area contributed by atoms with Crippen molar-refractivity contribution < 1.29 is 0 Å². The van der Waals surface area contributed by atoms with Crippen molar-refractivity contribution in [2.45, 2.75) is 51.0 Å². The van der Waals surface area contributed by atoms with Crippen LogP contribution < -0.4 is 10.6 Å². The number of halogens is 1. The molecule has 1 unspecified atom stereocenters. The zero-order chi connectivity index (χ0) is 14.4. The lowest BCUT2D eigenvalue weighted by Crippen LogP contribution is -2.48. The maximum Gasteiger partial charge on any atom is 0.191 e. The molecule has 0 aromatic heterocycles. The average molecular weight is 408 g/mol. The molecule has 2 fully saturated rings. The van der Waals surface area contributed by atoms with Gasteiger partial charge in [-0.1, -0.05) is 19.3 Å². The topological polar surface area (TPSA) is 39.7 Å². The SMILES string of the molecule is CN=C(NCC1CC1)NCC(C1CCCCC1)N(C)C.I. The Labute approximate surface area is 147 Å². The van der Waals surface area contributed by atoms with Crippen LogP contribution in [0.5, 0.6) is 0 Å². The molecule has 2 saturated carbocycles. The van der Waals surface area contributed by atoms with Crippen LogP contribution >= 0.6 is 24.0 Å². The minimum atomic E-state index is 0. The van der Waals surface area contributed by atoms with E-state index in [1.165, 1.54) is 44.9 Å². The van der Waals surface area contributed by atoms with E-state index in [4.69, 9.17) is 0 Å². The minimum Gasteiger partial charge on any atom is -0.356 e. The van der Waals surface area contributed by atoms with Crippen molar-refractivity contribution in [2.75, 3.05) is 34.2 Å². The summed E-state index contributed by atoms with van der Waals surface area (Å²) < 4.78 is 0. The predicted molar refractivity (Wildman–Crippen MR) is 102 cm³/mol. The van der Waals surface area contributed by atoms with Crippen molar-refractivity contribution in [3.8, 4) is 0 Å². The van der Waals surface area contributed by atoms with Gasteiger partial charge in [-0.3, -0.25) is 4.99 Å². The molecule has 0 spiro atoms. The number of likely N-dealkylation sites (N-methyl/N-ethyl adjacent to an activating group) is 1. The highest BCUT2D eigenvalue weighted by Crippen LogP contribution is 2.28. The molecule has 0 radical (unpaired) electrons. The second-order valence-corrected chi connectivity index (χ2v) is 6.71. The molecule has 5 heteroatoms. The first-order chi connectivity index (χ1) is 9.70. The van der Waals surface area contributed by atoms with E-state index in [9.17, 15) is 0 Å². The van der Waals surface area contributed by atoms with Gasteiger partial charge in [0.25, 0.3) is 0 Å². The minimum absolute atomic E-state index is 0. The standard InChI is InChI=1S/C16H32N4.HI/c1-17-16(18-11-13-9-10-13)19-12-15(20(2)3)14-7-5-4-6-8-14;/h13-15H,4-12H2,1-3H3,(H2,17,18,19);1H. The third-order valence-corrected chi connectivity index (χ3v) is 4.81. The summed E-state index contributed by atoms with van der Waals surface area (Å²) in [4.78, 5) is 6.73. The average Bonchev–Trinajstić information content (AvgIpc) is 3.27. The molecule has 0 aliphatic heterocycles. The van der Waals surface area contributed by atoms with Crippen LogP contribution in [-0.4, -0.2) is 51.1 Å². The summed E-state index contributed by atoms with van der Waals surface area (Å²) >= 11 is 0. The lowest BCUT2D eigenvalue weighted by molar-refractivity contribution is 0.171. The van der Waals surface area contributed by atoms with E-state index in [2.05, 4.69) is 34.6 Å². The van der Waals surface area contributed by atoms with Crippen molar-refractivity contribution in [3.05, 3.63) is 0 Å². The quantitative estimate of drug-likeness (QED) is 0.403. The van der Waals surface area contributed by atoms with Crippen molar-refractivity contribution in [1.82, 2.24) is 15.5 Å². The van der Waals surface area contributed by atoms with E-state index in [-0.39, 0.29) is 24.0 Å². The molecule has 0 amide bonds. The molecule has 0 heterocycles. The third kappa shape index (κ3) is 6.72. The van der Waals surface area contributed by atoms with Crippen molar-refractivity contribution in [3.63, 3.8) is 0 Å². The number of hydrogen-bond donors (Lipinski definition) is 2. The Morgan fingerprint density at radius 1 is 1.10 bits per heavy atom. The molecule has 2 rings (SSSR count). The molecule has 21 heavy (non-hydrogen) atoms. The number of nitrogens with zero attached hydrogens (tertiary/aromatic N) is 2. The molecule has 0 bridgehead atoms. The fourth-order valence-corrected chi connectivity index (χ4v) is 3.27. The Bertz CT molecular complexity index is 309. The molecule has 0 aromatic rings. The van der Waals surface area contributed by atoms with Crippen LogP contribution in [0.15, 0.2) is 4.99 Å². The Morgan fingerprint density at radius 2 is 1.76 bits per heavy atom. The van der Waals surface area contributed by atoms with Gasteiger partial charge in [0.15, 0.2) is 5.96 Å². The summed E-state index contributed by atoms with van der Waals surface area (Å²) in [5.41, 5.74) is 0. The van der Waals surface area contributed by atoms with Crippen LogP contribution in [0, 0.1) is 11.8 Å². The first-order valence-corrected chi connectivity index (χ1v) is 8.31. The van der Waals surface area contributed by atoms with Gasteiger partial charge in [-0.05, 0) is 51.6 Å². The number of hydrogen-bond acceptors (Lipinski definition) is 2. The van der Waals surface area contributed by atoms with Gasteiger partial charge < -0.3 is 15.5 Å². The Kier molecular flexibility index (Phi) is 8.94. The molecule has 0 saturated heterocycles. The van der Waals surface area contributed by atoms with Gasteiger partial charge in [0.1, 0.15) is 0 Å². The van der Waals surface area contributed by atoms with E-state index in [1.54, 1.807) is 0 Å². The molecular weight excluding hydrogens is 375 g/mol. The Morgan fingerprint density at radius 3 is 2.29 bits per heavy atom. The smallest absolute Gasteiger partial charge is 0.191 e. The number of nitrogens with one attached hydrogen (secondary N) is 2. The van der Waals surface area contributed by atoms with Gasteiger partial charge in [-0.25, -0.2) is 0 Å². The maximum atomic E-state index is 4.34. The highest BCUT2D eigenvalue weighted by atomic mass is 127. The predicted octanol–water partition coefficient (Wildman–Crippen LogP) is 2.69. The lowest BCUT2D eigenvalue weighted by Gasteiger charge is -2.35. The van der Waals surface area contributed by atoms with Crippen LogP contribution in [-0.2, 0) is 0 Å². The van der Waals surface area contributed by atoms with Crippen LogP contribution in [0.3, 0.4) is 0 Å². The molecule has 1 atom stereocenters. The van der Waals surface area contributed by atoms with Gasteiger partial charge in [0, 0.05) is 26.2 Å². The normalized spacial score (nSPS) is 21.8. The summed E-state index contributed by atoms with van der Waals surface area (Å²) in [5, 5.41) is 6.98. The van der Waals surface area contributed by atoms with Crippen molar-refractivity contribution >= 4 is 29.9 Å². The highest BCUT2D eigenvalue weighted by Gasteiger charge is 2.25. The highest BCUT2D eigenvalue weighted by molar-refractivity contribution is 14.0. The zero-order valence-corrected chi connectivity index (χ0v) is 16.2. The third-order valence-electron chi connectivity index (χ3n) is 4.81. The molecule has 4 nitrogen and oxygen atoms in total. The molecule has 2 aliphatic carbocycles. The van der Waals surface area contributed by atoms with Crippen LogP contribution in [0.2, 0.25) is 0 Å². The van der Waals surface area contributed by atoms with Crippen LogP contribution in [0.4, 0.5) is 0 Å². The fourth-order valence-electron chi connectivity index (χ4n) is 3.27. The molecular formula is C16H33IN4. The van der Waals surface area contributed by atoms with Gasteiger partial charge >= 0.3 is 0 Å². The molecule has 2 N–H and O–H groups in total. The van der Waals surface area contributed by atoms with Crippen LogP contribution in [0.1, 0.15) is 44.9 Å². The Balaban J connectivity index is 0.00000220. The van der Waals surface area contributed by atoms with E-state index in [1.807, 2.05) is 7.05 Å². The number of aliphatic imine (C=N–C) groups is 1. The maximum absolute atomic E-state index is 4.34. The van der Waals surface area contributed by atoms with E-state index < -0.39 is 0 Å². The molecule has 0 aromatic carbocycles. The summed E-state index contributed by atoms with van der Waals surface area (Å²) in [7, 11) is 6.29. The van der Waals surface area contributed by atoms with Crippen molar-refractivity contribution in [2.24, 2.45) is 16.8 Å². The second-order valence-electron chi connectivity index (χ2n) is 6.71. The van der Waals surface area contributed by atoms with Crippen LogP contribution in [0.25, 0.3) is 0 Å². The number of guanidine groups is 1. The van der Waals surface area contributed by atoms with Crippen molar-refractivity contribution in [1.29, 1.82) is 0 Å². The number of rotatable bonds is 6. The first-order valence-electron chi connectivity index (χ1n) is 8.31. The van der Waals surface area contributed by atoms with Gasteiger partial charge in [-0.15, -0.1) is 24.0 Å². The summed E-state index contributed by atoms with van der Waals surface area (Å²) in [5.74, 6) is 2.70. The van der Waals surface area contributed by atoms with Gasteiger partial charge in [0.05, 0.1) is 0 Å². The van der Waals surface area contributed by atoms with E-state index in [0.29, 0.717) is 6.04 Å².